The van der Waals surface area contributed by atoms with Crippen LogP contribution in [0, 0.1) is 5.41 Å². The van der Waals surface area contributed by atoms with Gasteiger partial charge in [-0.3, -0.25) is 4.90 Å². The van der Waals surface area contributed by atoms with Gasteiger partial charge in [-0.05, 0) is 24.6 Å². The number of nitrogens with zero attached hydrogens (tertiary/aromatic N) is 1. The van der Waals surface area contributed by atoms with E-state index in [0.717, 1.165) is 24.7 Å². The Balaban J connectivity index is 2.19. The second-order valence-electron chi connectivity index (χ2n) is 6.01. The molecule has 2 nitrogen and oxygen atoms in total. The van der Waals surface area contributed by atoms with Crippen molar-refractivity contribution in [3.63, 3.8) is 0 Å². The van der Waals surface area contributed by atoms with Gasteiger partial charge in [0.1, 0.15) is 0 Å². The van der Waals surface area contributed by atoms with Gasteiger partial charge >= 0.3 is 0 Å². The molecule has 0 radical (unpaired) electrons. The summed E-state index contributed by atoms with van der Waals surface area (Å²) in [6, 6.07) is 8.33. The molecule has 4 heteroatoms. The Morgan fingerprint density at radius 3 is 2.60 bits per heavy atom. The number of benzene rings is 1. The van der Waals surface area contributed by atoms with Gasteiger partial charge in [0.2, 0.25) is 0 Å². The average molecular weight is 311 g/mol. The van der Waals surface area contributed by atoms with Crippen LogP contribution in [-0.4, -0.2) is 24.5 Å². The number of thiophene rings is 1. The quantitative estimate of drug-likeness (QED) is 0.859. The molecule has 2 N–H and O–H groups in total. The van der Waals surface area contributed by atoms with Crippen molar-refractivity contribution < 1.29 is 0 Å². The Morgan fingerprint density at radius 1 is 1.30 bits per heavy atom. The number of hydrogen-bond acceptors (Lipinski definition) is 3. The lowest BCUT2D eigenvalue weighted by atomic mass is 9.93. The minimum absolute atomic E-state index is 0.138. The first kappa shape index (κ1) is 15.8. The van der Waals surface area contributed by atoms with Gasteiger partial charge in [-0.25, -0.2) is 0 Å². The fourth-order valence-corrected chi connectivity index (χ4v) is 3.85. The van der Waals surface area contributed by atoms with Crippen LogP contribution in [0.5, 0.6) is 0 Å². The maximum Gasteiger partial charge on any atom is 0.0637 e. The van der Waals surface area contributed by atoms with E-state index in [9.17, 15) is 0 Å². The lowest BCUT2D eigenvalue weighted by Crippen LogP contribution is -2.38. The highest BCUT2D eigenvalue weighted by molar-refractivity contribution is 7.19. The maximum atomic E-state index is 6.52. The van der Waals surface area contributed by atoms with E-state index < -0.39 is 0 Å². The number of rotatable bonds is 6. The summed E-state index contributed by atoms with van der Waals surface area (Å²) in [5.74, 6) is 0. The van der Waals surface area contributed by atoms with E-state index in [1.165, 1.54) is 15.0 Å². The molecule has 0 aliphatic rings. The molecule has 2 aromatic rings. The molecule has 20 heavy (non-hydrogen) atoms. The molecule has 0 spiro atoms. The van der Waals surface area contributed by atoms with Crippen molar-refractivity contribution in [1.82, 2.24) is 4.90 Å². The van der Waals surface area contributed by atoms with Crippen LogP contribution in [0.25, 0.3) is 10.1 Å². The Bertz CT molecular complexity index is 577. The van der Waals surface area contributed by atoms with Crippen molar-refractivity contribution in [3.05, 3.63) is 34.2 Å². The smallest absolute Gasteiger partial charge is 0.0637 e. The summed E-state index contributed by atoms with van der Waals surface area (Å²) < 4.78 is 1.27. The highest BCUT2D eigenvalue weighted by atomic mass is 35.5. The SMILES string of the molecule is CCN(Cc1sc2ccccc2c1Cl)CC(C)(C)CN. The number of halogens is 1. The van der Waals surface area contributed by atoms with Gasteiger partial charge in [-0.15, -0.1) is 11.3 Å². The van der Waals surface area contributed by atoms with Crippen molar-refractivity contribution in [1.29, 1.82) is 0 Å². The summed E-state index contributed by atoms with van der Waals surface area (Å²) in [7, 11) is 0. The van der Waals surface area contributed by atoms with E-state index in [1.807, 2.05) is 6.07 Å². The molecular weight excluding hydrogens is 288 g/mol. The van der Waals surface area contributed by atoms with Crippen LogP contribution >= 0.6 is 22.9 Å². The molecule has 1 aromatic heterocycles. The first-order valence-electron chi connectivity index (χ1n) is 7.05. The zero-order valence-corrected chi connectivity index (χ0v) is 14.0. The van der Waals surface area contributed by atoms with Crippen molar-refractivity contribution in [2.75, 3.05) is 19.6 Å². The topological polar surface area (TPSA) is 29.3 Å². The van der Waals surface area contributed by atoms with Crippen LogP contribution in [0.4, 0.5) is 0 Å². The molecule has 0 bridgehead atoms. The standard InChI is InChI=1S/C16H23ClN2S/c1-4-19(11-16(2,3)10-18)9-14-15(17)12-7-5-6-8-13(12)20-14/h5-8H,4,9-11,18H2,1-3H3. The van der Waals surface area contributed by atoms with Gasteiger partial charge in [0.05, 0.1) is 5.02 Å². The van der Waals surface area contributed by atoms with Gasteiger partial charge in [0.15, 0.2) is 0 Å². The summed E-state index contributed by atoms with van der Waals surface area (Å²) in [6.45, 7) is 10.2. The minimum atomic E-state index is 0.138. The number of fused-ring (bicyclic) bond motifs is 1. The fourth-order valence-electron chi connectivity index (χ4n) is 2.32. The molecule has 110 valence electrons. The van der Waals surface area contributed by atoms with Gasteiger partial charge in [0.25, 0.3) is 0 Å². The van der Waals surface area contributed by atoms with Crippen molar-refractivity contribution in [2.24, 2.45) is 11.1 Å². The normalized spacial score (nSPS) is 12.5. The van der Waals surface area contributed by atoms with Crippen LogP contribution in [-0.2, 0) is 6.54 Å². The fraction of sp³-hybridized carbons (Fsp3) is 0.500. The lowest BCUT2D eigenvalue weighted by molar-refractivity contribution is 0.185. The summed E-state index contributed by atoms with van der Waals surface area (Å²) in [5.41, 5.74) is 5.98. The maximum absolute atomic E-state index is 6.52. The Morgan fingerprint density at radius 2 is 2.00 bits per heavy atom. The zero-order valence-electron chi connectivity index (χ0n) is 12.4. The number of hydrogen-bond donors (Lipinski definition) is 1. The van der Waals surface area contributed by atoms with Gasteiger partial charge in [0, 0.05) is 28.1 Å². The van der Waals surface area contributed by atoms with Gasteiger partial charge < -0.3 is 5.73 Å². The van der Waals surface area contributed by atoms with E-state index in [-0.39, 0.29) is 5.41 Å². The lowest BCUT2D eigenvalue weighted by Gasteiger charge is -2.30. The minimum Gasteiger partial charge on any atom is -0.330 e. The van der Waals surface area contributed by atoms with Gasteiger partial charge in [-0.1, -0.05) is 50.6 Å². The van der Waals surface area contributed by atoms with E-state index in [1.54, 1.807) is 11.3 Å². The van der Waals surface area contributed by atoms with E-state index in [4.69, 9.17) is 17.3 Å². The van der Waals surface area contributed by atoms with Crippen molar-refractivity contribution >= 4 is 33.0 Å². The zero-order chi connectivity index (χ0) is 14.8. The molecule has 2 rings (SSSR count). The third-order valence-electron chi connectivity index (χ3n) is 3.62. The Labute approximate surface area is 130 Å². The molecular formula is C16H23ClN2S. The summed E-state index contributed by atoms with van der Waals surface area (Å²) in [5, 5.41) is 2.08. The van der Waals surface area contributed by atoms with Crippen LogP contribution in [0.1, 0.15) is 25.6 Å². The Hall–Kier alpha value is -0.610. The summed E-state index contributed by atoms with van der Waals surface area (Å²) >= 11 is 8.32. The predicted octanol–water partition coefficient (Wildman–Crippen LogP) is 4.36. The Kier molecular flexibility index (Phi) is 5.08. The second kappa shape index (κ2) is 6.44. The third kappa shape index (κ3) is 3.53. The molecule has 0 amide bonds. The summed E-state index contributed by atoms with van der Waals surface area (Å²) in [4.78, 5) is 3.67. The van der Waals surface area contributed by atoms with Crippen molar-refractivity contribution in [3.8, 4) is 0 Å². The largest absolute Gasteiger partial charge is 0.330 e. The highest BCUT2D eigenvalue weighted by Crippen LogP contribution is 2.36. The van der Waals surface area contributed by atoms with Crippen LogP contribution in [0.2, 0.25) is 5.02 Å². The molecule has 0 saturated carbocycles. The molecule has 0 aliphatic carbocycles. The molecule has 0 aliphatic heterocycles. The molecule has 0 saturated heterocycles. The summed E-state index contributed by atoms with van der Waals surface area (Å²) in [6.07, 6.45) is 0. The van der Waals surface area contributed by atoms with Crippen molar-refractivity contribution in [2.45, 2.75) is 27.3 Å². The van der Waals surface area contributed by atoms with Crippen LogP contribution < -0.4 is 5.73 Å². The van der Waals surface area contributed by atoms with Crippen LogP contribution in [0.3, 0.4) is 0 Å². The van der Waals surface area contributed by atoms with E-state index in [2.05, 4.69) is 43.9 Å². The van der Waals surface area contributed by atoms with Crippen LogP contribution in [0.15, 0.2) is 24.3 Å². The molecule has 0 atom stereocenters. The second-order valence-corrected chi connectivity index (χ2v) is 7.52. The van der Waals surface area contributed by atoms with Gasteiger partial charge in [-0.2, -0.15) is 0 Å². The number of nitrogens with two attached hydrogens (primary N) is 1. The predicted molar refractivity (Wildman–Crippen MR) is 90.6 cm³/mol. The molecule has 0 fully saturated rings. The molecule has 1 aromatic carbocycles. The highest BCUT2D eigenvalue weighted by Gasteiger charge is 2.21. The molecule has 0 unspecified atom stereocenters. The first-order chi connectivity index (χ1) is 9.46. The molecule has 1 heterocycles. The third-order valence-corrected chi connectivity index (χ3v) is 5.32. The van der Waals surface area contributed by atoms with E-state index >= 15 is 0 Å². The average Bonchev–Trinajstić information content (AvgIpc) is 2.75. The monoisotopic (exact) mass is 310 g/mol. The van der Waals surface area contributed by atoms with E-state index in [0.29, 0.717) is 6.54 Å². The first-order valence-corrected chi connectivity index (χ1v) is 8.24.